The molecule has 0 spiro atoms. The summed E-state index contributed by atoms with van der Waals surface area (Å²) < 4.78 is 25.3. The summed E-state index contributed by atoms with van der Waals surface area (Å²) in [5, 5.41) is 3.19. The summed E-state index contributed by atoms with van der Waals surface area (Å²) in [6.07, 6.45) is 6.23. The van der Waals surface area contributed by atoms with Crippen LogP contribution in [0.1, 0.15) is 55.5 Å². The number of hydrogen-bond donors (Lipinski definition) is 1. The van der Waals surface area contributed by atoms with E-state index in [1.807, 2.05) is 6.07 Å². The third kappa shape index (κ3) is 3.84. The Morgan fingerprint density at radius 1 is 1.20 bits per heavy atom. The summed E-state index contributed by atoms with van der Waals surface area (Å²) in [5.74, 6) is 1.06. The van der Waals surface area contributed by atoms with E-state index in [2.05, 4.69) is 19.2 Å². The molecule has 1 aliphatic heterocycles. The van der Waals surface area contributed by atoms with Crippen molar-refractivity contribution >= 4 is 21.6 Å². The summed E-state index contributed by atoms with van der Waals surface area (Å²) >= 11 is 0. The van der Waals surface area contributed by atoms with Gasteiger partial charge in [-0.05, 0) is 54.9 Å². The van der Waals surface area contributed by atoms with Crippen molar-refractivity contribution < 1.29 is 13.2 Å². The predicted octanol–water partition coefficient (Wildman–Crippen LogP) is 2.95. The Kier molecular flexibility index (Phi) is 5.09. The third-order valence-electron chi connectivity index (χ3n) is 5.84. The van der Waals surface area contributed by atoms with Crippen molar-refractivity contribution in [1.29, 1.82) is 0 Å². The first-order chi connectivity index (χ1) is 11.8. The van der Waals surface area contributed by atoms with Crippen LogP contribution in [-0.4, -0.2) is 33.2 Å². The summed E-state index contributed by atoms with van der Waals surface area (Å²) in [7, 11) is -3.28. The molecule has 1 aliphatic carbocycles. The van der Waals surface area contributed by atoms with Crippen LogP contribution in [0, 0.1) is 11.8 Å². The zero-order valence-electron chi connectivity index (χ0n) is 15.3. The van der Waals surface area contributed by atoms with E-state index in [9.17, 15) is 13.2 Å². The van der Waals surface area contributed by atoms with Crippen LogP contribution in [0.15, 0.2) is 18.2 Å². The van der Waals surface area contributed by atoms with Gasteiger partial charge < -0.3 is 5.32 Å². The molecule has 1 aromatic carbocycles. The fraction of sp³-hybridized carbons (Fsp3) is 0.632. The highest BCUT2D eigenvalue weighted by Crippen LogP contribution is 2.31. The lowest BCUT2D eigenvalue weighted by Crippen LogP contribution is -2.43. The van der Waals surface area contributed by atoms with Crippen LogP contribution in [-0.2, 0) is 16.4 Å². The maximum absolute atomic E-state index is 12.7. The largest absolute Gasteiger partial charge is 0.349 e. The predicted molar refractivity (Wildman–Crippen MR) is 100 cm³/mol. The first-order valence-electron chi connectivity index (χ1n) is 9.19. The fourth-order valence-electron chi connectivity index (χ4n) is 4.09. The van der Waals surface area contributed by atoms with Gasteiger partial charge in [0.05, 0.1) is 11.9 Å². The van der Waals surface area contributed by atoms with Gasteiger partial charge in [0.2, 0.25) is 10.0 Å². The minimum absolute atomic E-state index is 0.0507. The molecule has 1 aromatic rings. The second kappa shape index (κ2) is 6.98. The number of carbonyl (C=O) groups is 1. The van der Waals surface area contributed by atoms with E-state index in [1.165, 1.54) is 17.0 Å². The van der Waals surface area contributed by atoms with Gasteiger partial charge in [-0.1, -0.05) is 26.7 Å². The van der Waals surface area contributed by atoms with Gasteiger partial charge >= 0.3 is 0 Å². The van der Waals surface area contributed by atoms with E-state index in [4.69, 9.17) is 0 Å². The maximum atomic E-state index is 12.7. The maximum Gasteiger partial charge on any atom is 0.251 e. The third-order valence-corrected chi connectivity index (χ3v) is 7.02. The molecule has 2 aliphatic rings. The number of fused-ring (bicyclic) bond motifs is 1. The van der Waals surface area contributed by atoms with Gasteiger partial charge in [-0.3, -0.25) is 9.10 Å². The Morgan fingerprint density at radius 2 is 1.96 bits per heavy atom. The van der Waals surface area contributed by atoms with E-state index in [1.54, 1.807) is 12.1 Å². The van der Waals surface area contributed by atoms with Crippen LogP contribution in [0.4, 0.5) is 5.69 Å². The zero-order valence-corrected chi connectivity index (χ0v) is 16.1. The molecule has 25 heavy (non-hydrogen) atoms. The van der Waals surface area contributed by atoms with E-state index in [0.717, 1.165) is 31.2 Å². The molecule has 138 valence electrons. The summed E-state index contributed by atoms with van der Waals surface area (Å²) in [4.78, 5) is 12.7. The molecule has 1 fully saturated rings. The number of rotatable bonds is 3. The number of anilines is 1. The molecule has 6 heteroatoms. The van der Waals surface area contributed by atoms with E-state index < -0.39 is 10.0 Å². The average Bonchev–Trinajstić information content (AvgIpc) is 2.57. The number of carbonyl (C=O) groups excluding carboxylic acids is 1. The number of aryl methyl sites for hydroxylation is 1. The Balaban J connectivity index is 1.79. The Hall–Kier alpha value is -1.56. The minimum Gasteiger partial charge on any atom is -0.349 e. The quantitative estimate of drug-likeness (QED) is 0.897. The zero-order chi connectivity index (χ0) is 18.2. The van der Waals surface area contributed by atoms with Crippen molar-refractivity contribution in [2.45, 2.75) is 52.0 Å². The van der Waals surface area contributed by atoms with Crippen LogP contribution >= 0.6 is 0 Å². The van der Waals surface area contributed by atoms with Crippen molar-refractivity contribution in [2.24, 2.45) is 11.8 Å². The van der Waals surface area contributed by atoms with Gasteiger partial charge in [0, 0.05) is 18.2 Å². The van der Waals surface area contributed by atoms with E-state index >= 15 is 0 Å². The number of sulfonamides is 1. The molecule has 1 N–H and O–H groups in total. The molecule has 1 heterocycles. The van der Waals surface area contributed by atoms with Gasteiger partial charge in [0.25, 0.3) is 5.91 Å². The number of hydrogen-bond acceptors (Lipinski definition) is 3. The fourth-order valence-corrected chi connectivity index (χ4v) is 5.08. The summed E-state index contributed by atoms with van der Waals surface area (Å²) in [5.41, 5.74) is 2.28. The van der Waals surface area contributed by atoms with Crippen molar-refractivity contribution in [3.8, 4) is 0 Å². The normalized spacial score (nSPS) is 26.8. The molecule has 5 nitrogen and oxygen atoms in total. The molecule has 3 rings (SSSR count). The first-order valence-corrected chi connectivity index (χ1v) is 11.0. The number of amides is 1. The van der Waals surface area contributed by atoms with Crippen LogP contribution in [0.5, 0.6) is 0 Å². The molecule has 3 atom stereocenters. The lowest BCUT2D eigenvalue weighted by atomic mass is 9.78. The van der Waals surface area contributed by atoms with Gasteiger partial charge in [0.15, 0.2) is 0 Å². The highest BCUT2D eigenvalue weighted by Gasteiger charge is 2.29. The van der Waals surface area contributed by atoms with Crippen molar-refractivity contribution in [2.75, 3.05) is 17.1 Å². The van der Waals surface area contributed by atoms with Crippen LogP contribution < -0.4 is 9.62 Å². The highest BCUT2D eigenvalue weighted by molar-refractivity contribution is 7.92. The molecule has 1 amide bonds. The van der Waals surface area contributed by atoms with Crippen LogP contribution in [0.3, 0.4) is 0 Å². The Bertz CT molecular complexity index is 760. The molecule has 0 bridgehead atoms. The minimum atomic E-state index is -3.28. The van der Waals surface area contributed by atoms with E-state index in [0.29, 0.717) is 29.6 Å². The second-order valence-corrected chi connectivity index (χ2v) is 9.54. The monoisotopic (exact) mass is 364 g/mol. The summed E-state index contributed by atoms with van der Waals surface area (Å²) in [6.45, 7) is 4.97. The van der Waals surface area contributed by atoms with Crippen molar-refractivity contribution in [3.63, 3.8) is 0 Å². The molecule has 0 aromatic heterocycles. The van der Waals surface area contributed by atoms with Gasteiger partial charge in [-0.15, -0.1) is 0 Å². The smallest absolute Gasteiger partial charge is 0.251 e. The van der Waals surface area contributed by atoms with Gasteiger partial charge in [-0.25, -0.2) is 8.42 Å². The second-order valence-electron chi connectivity index (χ2n) is 7.63. The lowest BCUT2D eigenvalue weighted by molar-refractivity contribution is 0.0891. The lowest BCUT2D eigenvalue weighted by Gasteiger charge is -2.34. The van der Waals surface area contributed by atoms with Crippen molar-refractivity contribution in [1.82, 2.24) is 5.32 Å². The molecular formula is C19H28N2O3S. The molecule has 0 saturated heterocycles. The molecule has 0 unspecified atom stereocenters. The molecule has 1 saturated carbocycles. The topological polar surface area (TPSA) is 66.5 Å². The standard InChI is InChI=1S/C19H28N2O3S/c1-13-6-4-8-17(14(13)2)20-19(22)16-9-10-18-15(12-16)7-5-11-21(18)25(3,23)24/h9-10,12-14,17H,4-8,11H2,1-3H3,(H,20,22)/t13-,14-,17+/m1/s1. The summed E-state index contributed by atoms with van der Waals surface area (Å²) in [6, 6.07) is 5.60. The van der Waals surface area contributed by atoms with Crippen LogP contribution in [0.2, 0.25) is 0 Å². The SMILES string of the molecule is C[C@@H]1[C@H](C)CCC[C@@H]1NC(=O)c1ccc2c(c1)CCCN2S(C)(=O)=O. The Labute approximate surface area is 150 Å². The van der Waals surface area contributed by atoms with Gasteiger partial charge in [-0.2, -0.15) is 0 Å². The highest BCUT2D eigenvalue weighted by atomic mass is 32.2. The molecular weight excluding hydrogens is 336 g/mol. The van der Waals surface area contributed by atoms with Crippen LogP contribution in [0.25, 0.3) is 0 Å². The number of nitrogens with zero attached hydrogens (tertiary/aromatic N) is 1. The number of nitrogens with one attached hydrogen (secondary N) is 1. The number of benzene rings is 1. The van der Waals surface area contributed by atoms with Gasteiger partial charge in [0.1, 0.15) is 0 Å². The van der Waals surface area contributed by atoms with E-state index in [-0.39, 0.29) is 11.9 Å². The first kappa shape index (κ1) is 18.2. The Morgan fingerprint density at radius 3 is 2.68 bits per heavy atom. The average molecular weight is 365 g/mol. The molecule has 0 radical (unpaired) electrons. The van der Waals surface area contributed by atoms with Crippen molar-refractivity contribution in [3.05, 3.63) is 29.3 Å².